The number of hydrogen-bond acceptors (Lipinski definition) is 11. The van der Waals surface area contributed by atoms with Crippen molar-refractivity contribution in [1.29, 1.82) is 0 Å². The zero-order valence-electron chi connectivity index (χ0n) is 21.7. The summed E-state index contributed by atoms with van der Waals surface area (Å²) in [6.07, 6.45) is 4.03. The summed E-state index contributed by atoms with van der Waals surface area (Å²) in [6, 6.07) is 7.69. The predicted octanol–water partition coefficient (Wildman–Crippen LogP) is 5.52. The molecule has 1 N–H and O–H groups in total. The number of pyridine rings is 1. The first kappa shape index (κ1) is 28.5. The first-order valence-corrected chi connectivity index (χ1v) is 12.8. The minimum absolute atomic E-state index is 0.0913. The number of ether oxygens (including phenoxy) is 3. The molecule has 0 bridgehead atoms. The Morgan fingerprint density at radius 3 is 2.61 bits per heavy atom. The van der Waals surface area contributed by atoms with E-state index in [4.69, 9.17) is 9.47 Å². The van der Waals surface area contributed by atoms with Crippen LogP contribution >= 0.6 is 11.3 Å². The second-order valence-corrected chi connectivity index (χ2v) is 10.1. The van der Waals surface area contributed by atoms with Crippen molar-refractivity contribution >= 4 is 34.8 Å². The lowest BCUT2D eigenvalue weighted by atomic mass is 10.2. The van der Waals surface area contributed by atoms with Crippen molar-refractivity contribution < 1.29 is 28.7 Å². The topological polar surface area (TPSA) is 143 Å². The van der Waals surface area contributed by atoms with E-state index in [1.165, 1.54) is 30.6 Å². The van der Waals surface area contributed by atoms with E-state index in [0.29, 0.717) is 30.4 Å². The first-order valence-electron chi connectivity index (χ1n) is 12.0. The molecule has 0 unspecified atom stereocenters. The fourth-order valence-corrected chi connectivity index (χ4v) is 4.11. The molecular weight excluding hydrogens is 512 g/mol. The van der Waals surface area contributed by atoms with E-state index in [1.54, 1.807) is 11.6 Å². The number of esters is 2. The van der Waals surface area contributed by atoms with Crippen LogP contribution in [0.2, 0.25) is 0 Å². The quantitative estimate of drug-likeness (QED) is 0.134. The van der Waals surface area contributed by atoms with Crippen LogP contribution in [-0.2, 0) is 9.47 Å². The van der Waals surface area contributed by atoms with Gasteiger partial charge >= 0.3 is 17.6 Å². The monoisotopic (exact) mass is 542 g/mol. The average molecular weight is 543 g/mol. The SMILES string of the molecule is COC(=O)c1ccc(OCCCCCNc2cc(-c3nc(C(=O)OC(C)(C)C)cs3)ccn2)c([N+](=O)[O-])c1. The van der Waals surface area contributed by atoms with Crippen molar-refractivity contribution in [3.63, 3.8) is 0 Å². The van der Waals surface area contributed by atoms with Gasteiger partial charge in [-0.25, -0.2) is 19.6 Å². The Labute approximate surface area is 224 Å². The van der Waals surface area contributed by atoms with Crippen molar-refractivity contribution in [2.24, 2.45) is 0 Å². The summed E-state index contributed by atoms with van der Waals surface area (Å²) in [4.78, 5) is 43.3. The second-order valence-electron chi connectivity index (χ2n) is 9.24. The molecule has 0 aliphatic heterocycles. The number of nitro benzene ring substituents is 1. The lowest BCUT2D eigenvalue weighted by Crippen LogP contribution is -2.24. The van der Waals surface area contributed by atoms with Crippen LogP contribution in [0.5, 0.6) is 5.75 Å². The number of nitro groups is 1. The van der Waals surface area contributed by atoms with Crippen LogP contribution in [0.3, 0.4) is 0 Å². The number of hydrogen-bond donors (Lipinski definition) is 1. The number of carbonyl (C=O) groups is 2. The molecule has 0 aliphatic carbocycles. The van der Waals surface area contributed by atoms with Gasteiger partial charge < -0.3 is 19.5 Å². The summed E-state index contributed by atoms with van der Waals surface area (Å²) in [5.74, 6) is -0.304. The molecule has 11 nitrogen and oxygen atoms in total. The van der Waals surface area contributed by atoms with E-state index in [9.17, 15) is 19.7 Å². The molecule has 0 atom stereocenters. The molecule has 2 aromatic heterocycles. The highest BCUT2D eigenvalue weighted by Crippen LogP contribution is 2.29. The molecule has 2 heterocycles. The third-order valence-corrected chi connectivity index (χ3v) is 5.97. The molecule has 202 valence electrons. The Kier molecular flexibility index (Phi) is 9.72. The molecule has 0 amide bonds. The second kappa shape index (κ2) is 13.0. The van der Waals surface area contributed by atoms with E-state index in [1.807, 2.05) is 32.9 Å². The molecule has 0 aliphatic rings. The molecular formula is C26H30N4O7S. The van der Waals surface area contributed by atoms with Gasteiger partial charge in [0, 0.05) is 29.8 Å². The summed E-state index contributed by atoms with van der Waals surface area (Å²) in [7, 11) is 1.21. The predicted molar refractivity (Wildman–Crippen MR) is 143 cm³/mol. The highest BCUT2D eigenvalue weighted by molar-refractivity contribution is 7.13. The normalized spacial score (nSPS) is 11.1. The van der Waals surface area contributed by atoms with Crippen LogP contribution in [-0.4, -0.2) is 52.7 Å². The fraction of sp³-hybridized carbons (Fsp3) is 0.385. The van der Waals surface area contributed by atoms with Gasteiger partial charge in [0.05, 0.1) is 24.2 Å². The van der Waals surface area contributed by atoms with Gasteiger partial charge in [0.1, 0.15) is 16.4 Å². The lowest BCUT2D eigenvalue weighted by molar-refractivity contribution is -0.385. The molecule has 0 spiro atoms. The third-order valence-electron chi connectivity index (χ3n) is 5.08. The zero-order valence-corrected chi connectivity index (χ0v) is 22.5. The lowest BCUT2D eigenvalue weighted by Gasteiger charge is -2.18. The summed E-state index contributed by atoms with van der Waals surface area (Å²) in [5, 5.41) is 17.0. The van der Waals surface area contributed by atoms with E-state index >= 15 is 0 Å². The average Bonchev–Trinajstić information content (AvgIpc) is 3.37. The van der Waals surface area contributed by atoms with Gasteiger partial charge in [-0.1, -0.05) is 0 Å². The van der Waals surface area contributed by atoms with Crippen molar-refractivity contribution in [1.82, 2.24) is 9.97 Å². The van der Waals surface area contributed by atoms with Crippen LogP contribution < -0.4 is 10.1 Å². The van der Waals surface area contributed by atoms with Gasteiger partial charge in [0.25, 0.3) is 0 Å². The number of aromatic nitrogens is 2. The van der Waals surface area contributed by atoms with Crippen molar-refractivity contribution in [2.45, 2.75) is 45.6 Å². The van der Waals surface area contributed by atoms with Crippen LogP contribution in [0.4, 0.5) is 11.5 Å². The highest BCUT2D eigenvalue weighted by Gasteiger charge is 2.21. The minimum Gasteiger partial charge on any atom is -0.487 e. The number of thiazole rings is 1. The number of methoxy groups -OCH3 is 1. The van der Waals surface area contributed by atoms with Gasteiger partial charge in [0.15, 0.2) is 11.4 Å². The van der Waals surface area contributed by atoms with E-state index in [-0.39, 0.29) is 22.7 Å². The molecule has 0 saturated heterocycles. The number of carbonyl (C=O) groups excluding carboxylic acids is 2. The van der Waals surface area contributed by atoms with Gasteiger partial charge in [-0.15, -0.1) is 11.3 Å². The maximum absolute atomic E-state index is 12.2. The Balaban J connectivity index is 1.44. The molecule has 3 aromatic rings. The fourth-order valence-electron chi connectivity index (χ4n) is 3.32. The molecule has 0 radical (unpaired) electrons. The summed E-state index contributed by atoms with van der Waals surface area (Å²) in [5.41, 5.74) is 0.345. The Morgan fingerprint density at radius 1 is 1.11 bits per heavy atom. The zero-order chi connectivity index (χ0) is 27.7. The van der Waals surface area contributed by atoms with Crippen LogP contribution in [0.15, 0.2) is 41.9 Å². The Bertz CT molecular complexity index is 1290. The summed E-state index contributed by atoms with van der Waals surface area (Å²) in [6.45, 7) is 6.40. The summed E-state index contributed by atoms with van der Waals surface area (Å²) >= 11 is 1.36. The molecule has 3 rings (SSSR count). The summed E-state index contributed by atoms with van der Waals surface area (Å²) < 4.78 is 15.5. The first-order chi connectivity index (χ1) is 18.1. The van der Waals surface area contributed by atoms with E-state index in [0.717, 1.165) is 24.5 Å². The largest absolute Gasteiger partial charge is 0.487 e. The molecule has 1 aromatic carbocycles. The molecule has 0 fully saturated rings. The van der Waals surface area contributed by atoms with Gasteiger partial charge in [-0.3, -0.25) is 10.1 Å². The van der Waals surface area contributed by atoms with Crippen molar-refractivity contribution in [3.8, 4) is 16.3 Å². The van der Waals surface area contributed by atoms with Crippen LogP contribution in [0.25, 0.3) is 10.6 Å². The third kappa shape index (κ3) is 8.23. The number of nitrogens with zero attached hydrogens (tertiary/aromatic N) is 3. The maximum Gasteiger partial charge on any atom is 0.358 e. The van der Waals surface area contributed by atoms with Gasteiger partial charge in [0.2, 0.25) is 0 Å². The Morgan fingerprint density at radius 2 is 1.89 bits per heavy atom. The molecule has 12 heteroatoms. The van der Waals surface area contributed by atoms with E-state index < -0.39 is 22.5 Å². The number of rotatable bonds is 12. The molecule has 0 saturated carbocycles. The van der Waals surface area contributed by atoms with Crippen molar-refractivity contribution in [3.05, 3.63) is 63.3 Å². The standard InChI is InChI=1S/C26H30N4O7S/c1-26(2,3)37-25(32)19-16-38-23(29-19)17-10-12-28-22(15-17)27-11-6-5-7-13-36-21-9-8-18(24(31)35-4)14-20(21)30(33)34/h8-10,12,14-16H,5-7,11,13H2,1-4H3,(H,27,28). The number of benzene rings is 1. The minimum atomic E-state index is -0.649. The number of unbranched alkanes of at least 4 members (excludes halogenated alkanes) is 2. The maximum atomic E-state index is 12.2. The number of anilines is 1. The van der Waals surface area contributed by atoms with Crippen LogP contribution in [0, 0.1) is 10.1 Å². The van der Waals surface area contributed by atoms with Gasteiger partial charge in [-0.2, -0.15) is 0 Å². The molecule has 38 heavy (non-hydrogen) atoms. The smallest absolute Gasteiger partial charge is 0.358 e. The highest BCUT2D eigenvalue weighted by atomic mass is 32.1. The van der Waals surface area contributed by atoms with E-state index in [2.05, 4.69) is 20.0 Å². The van der Waals surface area contributed by atoms with Gasteiger partial charge in [-0.05, 0) is 64.3 Å². The van der Waals surface area contributed by atoms with Crippen LogP contribution in [0.1, 0.15) is 60.9 Å². The van der Waals surface area contributed by atoms with Crippen molar-refractivity contribution in [2.75, 3.05) is 25.6 Å². The Hall–Kier alpha value is -4.06. The number of nitrogens with one attached hydrogen (secondary N) is 1.